The maximum Gasteiger partial charge on any atom is 0.246 e. The van der Waals surface area contributed by atoms with Crippen LogP contribution in [0.1, 0.15) is 40.5 Å². The first-order chi connectivity index (χ1) is 14.7. The second-order valence-corrected chi connectivity index (χ2v) is 9.78. The van der Waals surface area contributed by atoms with Crippen LogP contribution in [0.15, 0.2) is 29.6 Å². The highest BCUT2D eigenvalue weighted by atomic mass is 32.1. The number of thiazole rings is 1. The molecule has 1 N–H and O–H groups in total. The molecule has 1 aromatic heterocycles. The van der Waals surface area contributed by atoms with Gasteiger partial charge in [-0.15, -0.1) is 11.3 Å². The number of piperidine rings is 1. The first-order valence-electron chi connectivity index (χ1n) is 10.5. The van der Waals surface area contributed by atoms with Crippen molar-refractivity contribution in [3.63, 3.8) is 0 Å². The first kappa shape index (κ1) is 21.5. The van der Waals surface area contributed by atoms with Gasteiger partial charge in [0.25, 0.3) is 0 Å². The quantitative estimate of drug-likeness (QED) is 0.686. The summed E-state index contributed by atoms with van der Waals surface area (Å²) >= 11 is 1.30. The van der Waals surface area contributed by atoms with E-state index in [1.54, 1.807) is 0 Å². The number of imide groups is 1. The lowest BCUT2D eigenvalue weighted by molar-refractivity contribution is -0.168. The second-order valence-electron chi connectivity index (χ2n) is 8.92. The zero-order chi connectivity index (χ0) is 22.4. The molecule has 164 valence electrons. The lowest BCUT2D eigenvalue weighted by atomic mass is 9.62. The van der Waals surface area contributed by atoms with E-state index in [9.17, 15) is 14.4 Å². The molecule has 1 aliphatic heterocycles. The Balaban J connectivity index is 1.43. The van der Waals surface area contributed by atoms with Crippen LogP contribution in [0, 0.1) is 16.7 Å². The van der Waals surface area contributed by atoms with Crippen LogP contribution in [0.2, 0.25) is 0 Å². The van der Waals surface area contributed by atoms with Crippen LogP contribution < -0.4 is 10.1 Å². The molecule has 2 heterocycles. The number of ether oxygens (including phenoxy) is 1. The van der Waals surface area contributed by atoms with Crippen molar-refractivity contribution in [2.75, 3.05) is 18.5 Å². The predicted octanol–water partition coefficient (Wildman–Crippen LogP) is 3.96. The van der Waals surface area contributed by atoms with Crippen LogP contribution in [0.3, 0.4) is 0 Å². The molecule has 2 bridgehead atoms. The fourth-order valence-corrected chi connectivity index (χ4v) is 5.44. The van der Waals surface area contributed by atoms with Crippen molar-refractivity contribution in [3.05, 3.63) is 29.6 Å². The fourth-order valence-electron chi connectivity index (χ4n) is 4.71. The maximum absolute atomic E-state index is 13.1. The van der Waals surface area contributed by atoms with Crippen molar-refractivity contribution in [3.8, 4) is 17.0 Å². The minimum absolute atomic E-state index is 0.228. The molecule has 0 spiro atoms. The zero-order valence-electron chi connectivity index (χ0n) is 18.2. The summed E-state index contributed by atoms with van der Waals surface area (Å²) in [7, 11) is 0. The molecule has 1 saturated carbocycles. The van der Waals surface area contributed by atoms with E-state index in [0.29, 0.717) is 24.6 Å². The normalized spacial score (nSPS) is 24.4. The van der Waals surface area contributed by atoms with Gasteiger partial charge in [0, 0.05) is 16.9 Å². The summed E-state index contributed by atoms with van der Waals surface area (Å²) in [6.07, 6.45) is 1.36. The Hall–Kier alpha value is -2.74. The molecule has 31 heavy (non-hydrogen) atoms. The number of nitrogens with zero attached hydrogens (tertiary/aromatic N) is 2. The van der Waals surface area contributed by atoms with Gasteiger partial charge in [-0.3, -0.25) is 19.3 Å². The largest absolute Gasteiger partial charge is 0.494 e. The Labute approximate surface area is 185 Å². The minimum atomic E-state index is -0.617. The summed E-state index contributed by atoms with van der Waals surface area (Å²) in [5.41, 5.74) is 0.637. The molecule has 2 atom stereocenters. The van der Waals surface area contributed by atoms with Gasteiger partial charge in [0.1, 0.15) is 12.3 Å². The summed E-state index contributed by atoms with van der Waals surface area (Å²) in [5.74, 6) is -0.349. The Morgan fingerprint density at radius 2 is 1.97 bits per heavy atom. The van der Waals surface area contributed by atoms with Gasteiger partial charge in [-0.05, 0) is 49.4 Å². The summed E-state index contributed by atoms with van der Waals surface area (Å²) in [4.78, 5) is 44.2. The lowest BCUT2D eigenvalue weighted by Crippen LogP contribution is -2.60. The monoisotopic (exact) mass is 441 g/mol. The van der Waals surface area contributed by atoms with E-state index >= 15 is 0 Å². The van der Waals surface area contributed by atoms with Gasteiger partial charge in [0.05, 0.1) is 17.7 Å². The molecule has 2 fully saturated rings. The van der Waals surface area contributed by atoms with Crippen molar-refractivity contribution < 1.29 is 19.1 Å². The highest BCUT2D eigenvalue weighted by molar-refractivity contribution is 7.14. The minimum Gasteiger partial charge on any atom is -0.494 e. The molecule has 2 unspecified atom stereocenters. The van der Waals surface area contributed by atoms with Crippen LogP contribution in [0.4, 0.5) is 5.13 Å². The van der Waals surface area contributed by atoms with E-state index in [-0.39, 0.29) is 24.3 Å². The van der Waals surface area contributed by atoms with E-state index in [4.69, 9.17) is 4.74 Å². The number of anilines is 1. The maximum atomic E-state index is 13.1. The van der Waals surface area contributed by atoms with Crippen LogP contribution in [0.25, 0.3) is 11.3 Å². The van der Waals surface area contributed by atoms with Crippen molar-refractivity contribution in [1.82, 2.24) is 9.88 Å². The van der Waals surface area contributed by atoms with E-state index in [1.807, 2.05) is 57.3 Å². The summed E-state index contributed by atoms with van der Waals surface area (Å²) < 4.78 is 5.45. The van der Waals surface area contributed by atoms with Gasteiger partial charge < -0.3 is 10.1 Å². The van der Waals surface area contributed by atoms with Crippen molar-refractivity contribution >= 4 is 34.2 Å². The molecule has 1 saturated heterocycles. The average Bonchev–Trinajstić information content (AvgIpc) is 3.26. The van der Waals surface area contributed by atoms with Crippen molar-refractivity contribution in [2.45, 2.75) is 40.5 Å². The number of rotatable bonds is 6. The molecule has 2 aliphatic rings. The summed E-state index contributed by atoms with van der Waals surface area (Å²) in [5, 5.41) is 5.02. The third-order valence-electron chi connectivity index (χ3n) is 7.02. The molecule has 3 amide bonds. The van der Waals surface area contributed by atoms with Gasteiger partial charge in [-0.2, -0.15) is 0 Å². The molecule has 7 nitrogen and oxygen atoms in total. The van der Waals surface area contributed by atoms with Crippen LogP contribution in [-0.2, 0) is 14.4 Å². The molecule has 1 aliphatic carbocycles. The Morgan fingerprint density at radius 1 is 1.26 bits per heavy atom. The number of benzene rings is 1. The van der Waals surface area contributed by atoms with Crippen molar-refractivity contribution in [2.24, 2.45) is 16.7 Å². The highest BCUT2D eigenvalue weighted by Crippen LogP contribution is 2.59. The van der Waals surface area contributed by atoms with Crippen LogP contribution in [0.5, 0.6) is 5.75 Å². The second kappa shape index (κ2) is 7.75. The number of nitrogens with one attached hydrogen (secondary N) is 1. The van der Waals surface area contributed by atoms with Gasteiger partial charge in [-0.25, -0.2) is 4.98 Å². The average molecular weight is 442 g/mol. The number of likely N-dealkylation sites (tertiary alicyclic amines) is 1. The number of fused-ring (bicyclic) bond motifs is 2. The molecule has 4 rings (SSSR count). The Kier molecular flexibility index (Phi) is 5.37. The highest BCUT2D eigenvalue weighted by Gasteiger charge is 2.64. The molecule has 1 aromatic carbocycles. The van der Waals surface area contributed by atoms with Gasteiger partial charge >= 0.3 is 0 Å². The number of aromatic nitrogens is 1. The molecule has 0 radical (unpaired) electrons. The molecular formula is C23H27N3O4S. The number of carbonyl (C=O) groups is 3. The Bertz CT molecular complexity index is 1030. The molecular weight excluding hydrogens is 414 g/mol. The zero-order valence-corrected chi connectivity index (χ0v) is 19.0. The summed E-state index contributed by atoms with van der Waals surface area (Å²) in [6, 6.07) is 7.57. The molecule has 2 aromatic rings. The van der Waals surface area contributed by atoms with E-state index in [1.165, 1.54) is 11.3 Å². The van der Waals surface area contributed by atoms with Gasteiger partial charge in [-0.1, -0.05) is 20.8 Å². The number of hydrogen-bond acceptors (Lipinski definition) is 6. The van der Waals surface area contributed by atoms with E-state index in [2.05, 4.69) is 10.3 Å². The third kappa shape index (κ3) is 3.52. The van der Waals surface area contributed by atoms with E-state index in [0.717, 1.165) is 21.9 Å². The number of amides is 3. The number of hydrogen-bond donors (Lipinski definition) is 1. The number of carbonyl (C=O) groups excluding carboxylic acids is 3. The van der Waals surface area contributed by atoms with Gasteiger partial charge in [0.2, 0.25) is 17.7 Å². The Morgan fingerprint density at radius 3 is 2.65 bits per heavy atom. The SMILES string of the molecule is CCOc1ccc(-c2csc(NC(=O)CN3C(=O)C4CCC(C)(C3=O)C4(C)C)n2)cc1. The van der Waals surface area contributed by atoms with E-state index < -0.39 is 16.7 Å². The van der Waals surface area contributed by atoms with Crippen LogP contribution in [-0.4, -0.2) is 40.8 Å². The predicted molar refractivity (Wildman–Crippen MR) is 119 cm³/mol. The topological polar surface area (TPSA) is 88.6 Å². The third-order valence-corrected chi connectivity index (χ3v) is 7.78. The lowest BCUT2D eigenvalue weighted by Gasteiger charge is -2.47. The van der Waals surface area contributed by atoms with Gasteiger partial charge in [0.15, 0.2) is 5.13 Å². The summed E-state index contributed by atoms with van der Waals surface area (Å²) in [6.45, 7) is 8.13. The van der Waals surface area contributed by atoms with Crippen LogP contribution >= 0.6 is 11.3 Å². The fraction of sp³-hybridized carbons (Fsp3) is 0.478. The standard InChI is InChI=1S/C23H27N3O4S/c1-5-30-15-8-6-14(7-9-15)17-13-31-21(24-17)25-18(27)12-26-19(28)16-10-11-23(4,20(26)29)22(16,2)3/h6-9,13,16H,5,10-12H2,1-4H3,(H,24,25,27). The van der Waals surface area contributed by atoms with Crippen molar-refractivity contribution in [1.29, 1.82) is 0 Å². The smallest absolute Gasteiger partial charge is 0.246 e. The molecule has 8 heteroatoms. The first-order valence-corrected chi connectivity index (χ1v) is 11.4.